The van der Waals surface area contributed by atoms with Crippen LogP contribution in [0.15, 0.2) is 69.8 Å². The van der Waals surface area contributed by atoms with Crippen LogP contribution in [-0.2, 0) is 11.3 Å². The molecule has 0 radical (unpaired) electrons. The third-order valence-electron chi connectivity index (χ3n) is 4.68. The van der Waals surface area contributed by atoms with Crippen LogP contribution in [0.1, 0.15) is 39.3 Å². The van der Waals surface area contributed by atoms with Gasteiger partial charge in [-0.05, 0) is 82.7 Å². The highest BCUT2D eigenvalue weighted by Gasteiger charge is 2.21. The van der Waals surface area contributed by atoms with Crippen molar-refractivity contribution in [3.63, 3.8) is 0 Å². The number of benzene rings is 2. The van der Waals surface area contributed by atoms with Gasteiger partial charge >= 0.3 is 0 Å². The first kappa shape index (κ1) is 20.4. The maximum Gasteiger partial charge on any atom is 0.291 e. The van der Waals surface area contributed by atoms with Gasteiger partial charge in [-0.1, -0.05) is 18.2 Å². The van der Waals surface area contributed by atoms with Crippen LogP contribution in [0.25, 0.3) is 0 Å². The molecule has 2 aromatic carbocycles. The van der Waals surface area contributed by atoms with E-state index in [1.807, 2.05) is 24.3 Å². The predicted octanol–water partition coefficient (Wildman–Crippen LogP) is 5.47. The molecule has 1 aliphatic rings. The second-order valence-electron chi connectivity index (χ2n) is 7.25. The van der Waals surface area contributed by atoms with Crippen molar-refractivity contribution in [3.8, 4) is 0 Å². The molecule has 3 aromatic rings. The van der Waals surface area contributed by atoms with Gasteiger partial charge < -0.3 is 19.8 Å². The smallest absolute Gasteiger partial charge is 0.291 e. The SMILES string of the molecule is O=C(Nc1cccc(COCC2CC2)c1)c1cccc(NC(=O)c2ccc(Br)o2)c1. The fourth-order valence-electron chi connectivity index (χ4n) is 2.94. The van der Waals surface area contributed by atoms with Crippen molar-refractivity contribution >= 4 is 39.1 Å². The van der Waals surface area contributed by atoms with E-state index >= 15 is 0 Å². The molecule has 0 saturated heterocycles. The summed E-state index contributed by atoms with van der Waals surface area (Å²) in [5.74, 6) is 0.243. The molecule has 30 heavy (non-hydrogen) atoms. The lowest BCUT2D eigenvalue weighted by Crippen LogP contribution is -2.14. The molecule has 0 spiro atoms. The molecule has 6 nitrogen and oxygen atoms in total. The van der Waals surface area contributed by atoms with E-state index in [0.29, 0.717) is 28.2 Å². The quantitative estimate of drug-likeness (QED) is 0.458. The van der Waals surface area contributed by atoms with Crippen LogP contribution in [0.4, 0.5) is 11.4 Å². The monoisotopic (exact) mass is 468 g/mol. The topological polar surface area (TPSA) is 80.6 Å². The second-order valence-corrected chi connectivity index (χ2v) is 8.03. The Morgan fingerprint density at radius 3 is 2.43 bits per heavy atom. The van der Waals surface area contributed by atoms with Gasteiger partial charge in [0, 0.05) is 23.5 Å². The van der Waals surface area contributed by atoms with Crippen molar-refractivity contribution < 1.29 is 18.7 Å². The zero-order valence-corrected chi connectivity index (χ0v) is 17.8. The molecule has 1 heterocycles. The lowest BCUT2D eigenvalue weighted by Gasteiger charge is -2.09. The van der Waals surface area contributed by atoms with Crippen molar-refractivity contribution in [2.45, 2.75) is 19.4 Å². The number of hydrogen-bond donors (Lipinski definition) is 2. The van der Waals surface area contributed by atoms with Gasteiger partial charge in [-0.3, -0.25) is 9.59 Å². The number of carbonyl (C=O) groups is 2. The van der Waals surface area contributed by atoms with Gasteiger partial charge in [0.05, 0.1) is 6.61 Å². The maximum absolute atomic E-state index is 12.7. The molecule has 7 heteroatoms. The molecular weight excluding hydrogens is 448 g/mol. The molecule has 4 rings (SSSR count). The zero-order valence-electron chi connectivity index (χ0n) is 16.2. The number of ether oxygens (including phenoxy) is 1. The van der Waals surface area contributed by atoms with Gasteiger partial charge in [-0.2, -0.15) is 0 Å². The summed E-state index contributed by atoms with van der Waals surface area (Å²) < 4.78 is 11.4. The van der Waals surface area contributed by atoms with E-state index < -0.39 is 5.91 Å². The molecular formula is C23H21BrN2O4. The van der Waals surface area contributed by atoms with Crippen LogP contribution in [0.3, 0.4) is 0 Å². The number of carbonyl (C=O) groups excluding carboxylic acids is 2. The van der Waals surface area contributed by atoms with Gasteiger partial charge in [-0.25, -0.2) is 0 Å². The first-order valence-corrected chi connectivity index (χ1v) is 10.5. The van der Waals surface area contributed by atoms with Crippen LogP contribution in [-0.4, -0.2) is 18.4 Å². The lowest BCUT2D eigenvalue weighted by atomic mass is 10.1. The van der Waals surface area contributed by atoms with E-state index in [2.05, 4.69) is 26.6 Å². The number of hydrogen-bond acceptors (Lipinski definition) is 4. The lowest BCUT2D eigenvalue weighted by molar-refractivity contribution is 0.0992. The summed E-state index contributed by atoms with van der Waals surface area (Å²) in [4.78, 5) is 24.9. The summed E-state index contributed by atoms with van der Waals surface area (Å²) in [6.45, 7) is 1.33. The minimum atomic E-state index is -0.392. The maximum atomic E-state index is 12.7. The van der Waals surface area contributed by atoms with Crippen LogP contribution < -0.4 is 10.6 Å². The Bertz CT molecular complexity index is 1060. The van der Waals surface area contributed by atoms with Crippen molar-refractivity contribution in [1.82, 2.24) is 0 Å². The molecule has 154 valence electrons. The average Bonchev–Trinajstić information content (AvgIpc) is 3.46. The van der Waals surface area contributed by atoms with Crippen LogP contribution in [0.2, 0.25) is 0 Å². The predicted molar refractivity (Wildman–Crippen MR) is 118 cm³/mol. The van der Waals surface area contributed by atoms with Crippen molar-refractivity contribution in [2.24, 2.45) is 5.92 Å². The van der Waals surface area contributed by atoms with E-state index in [1.165, 1.54) is 12.8 Å². The van der Waals surface area contributed by atoms with Gasteiger partial charge in [0.15, 0.2) is 10.4 Å². The summed E-state index contributed by atoms with van der Waals surface area (Å²) in [6.07, 6.45) is 2.52. The molecule has 1 saturated carbocycles. The van der Waals surface area contributed by atoms with Gasteiger partial charge in [0.2, 0.25) is 0 Å². The molecule has 1 fully saturated rings. The van der Waals surface area contributed by atoms with E-state index in [-0.39, 0.29) is 11.7 Å². The first-order chi connectivity index (χ1) is 14.6. The Morgan fingerprint density at radius 2 is 1.70 bits per heavy atom. The van der Waals surface area contributed by atoms with Gasteiger partial charge in [0.25, 0.3) is 11.8 Å². The molecule has 0 aliphatic heterocycles. The highest BCUT2D eigenvalue weighted by molar-refractivity contribution is 9.10. The largest absolute Gasteiger partial charge is 0.444 e. The normalized spacial score (nSPS) is 13.1. The fraction of sp³-hybridized carbons (Fsp3) is 0.217. The number of furan rings is 1. The van der Waals surface area contributed by atoms with Gasteiger partial charge in [-0.15, -0.1) is 0 Å². The van der Waals surface area contributed by atoms with Crippen LogP contribution in [0.5, 0.6) is 0 Å². The Balaban J connectivity index is 1.37. The molecule has 0 unspecified atom stereocenters. The fourth-order valence-corrected chi connectivity index (χ4v) is 3.24. The van der Waals surface area contributed by atoms with Crippen LogP contribution >= 0.6 is 15.9 Å². The Kier molecular flexibility index (Phi) is 6.30. The summed E-state index contributed by atoms with van der Waals surface area (Å²) in [6, 6.07) is 17.6. The number of anilines is 2. The number of amides is 2. The van der Waals surface area contributed by atoms with Crippen molar-refractivity contribution in [2.75, 3.05) is 17.2 Å². The molecule has 1 aliphatic carbocycles. The third-order valence-corrected chi connectivity index (χ3v) is 5.11. The third kappa shape index (κ3) is 5.58. The highest BCUT2D eigenvalue weighted by atomic mass is 79.9. The van der Waals surface area contributed by atoms with Gasteiger partial charge in [0.1, 0.15) is 0 Å². The molecule has 2 amide bonds. The van der Waals surface area contributed by atoms with Crippen molar-refractivity contribution in [3.05, 3.63) is 82.2 Å². The van der Waals surface area contributed by atoms with E-state index in [0.717, 1.165) is 18.1 Å². The summed E-state index contributed by atoms with van der Waals surface area (Å²) in [7, 11) is 0. The summed E-state index contributed by atoms with van der Waals surface area (Å²) >= 11 is 3.17. The van der Waals surface area contributed by atoms with Crippen molar-refractivity contribution in [1.29, 1.82) is 0 Å². The minimum Gasteiger partial charge on any atom is -0.444 e. The summed E-state index contributed by atoms with van der Waals surface area (Å²) in [5, 5.41) is 5.62. The highest BCUT2D eigenvalue weighted by Crippen LogP contribution is 2.29. The van der Waals surface area contributed by atoms with E-state index in [9.17, 15) is 9.59 Å². The molecule has 0 bridgehead atoms. The minimum absolute atomic E-state index is 0.178. The van der Waals surface area contributed by atoms with E-state index in [1.54, 1.807) is 36.4 Å². The first-order valence-electron chi connectivity index (χ1n) is 9.71. The number of halogens is 1. The Hall–Kier alpha value is -2.90. The number of nitrogens with one attached hydrogen (secondary N) is 2. The zero-order chi connectivity index (χ0) is 20.9. The standard InChI is InChI=1S/C23H21BrN2O4/c24-21-10-9-20(30-21)23(28)26-19-6-2-4-17(12-19)22(27)25-18-5-1-3-16(11-18)14-29-13-15-7-8-15/h1-6,9-12,15H,7-8,13-14H2,(H,25,27)(H,26,28). The van der Waals surface area contributed by atoms with E-state index in [4.69, 9.17) is 9.15 Å². The Labute approximate surface area is 182 Å². The van der Waals surface area contributed by atoms with Crippen LogP contribution in [0, 0.1) is 5.92 Å². The number of rotatable bonds is 8. The average molecular weight is 469 g/mol. The Morgan fingerprint density at radius 1 is 0.967 bits per heavy atom. The molecule has 0 atom stereocenters. The molecule has 2 N–H and O–H groups in total. The second kappa shape index (κ2) is 9.28. The summed E-state index contributed by atoms with van der Waals surface area (Å²) in [5.41, 5.74) is 2.65. The molecule has 1 aromatic heterocycles.